The minimum Gasteiger partial charge on any atom is -0.330 e. The van der Waals surface area contributed by atoms with Gasteiger partial charge in [0.2, 0.25) is 0 Å². The number of para-hydroxylation sites is 1. The molecule has 1 aromatic carbocycles. The molecule has 0 radical (unpaired) electrons. The summed E-state index contributed by atoms with van der Waals surface area (Å²) >= 11 is 0. The van der Waals surface area contributed by atoms with E-state index in [0.29, 0.717) is 6.54 Å². The maximum absolute atomic E-state index is 12.3. The van der Waals surface area contributed by atoms with E-state index in [1.54, 1.807) is 0 Å². The predicted molar refractivity (Wildman–Crippen MR) is 69.0 cm³/mol. The van der Waals surface area contributed by atoms with Crippen LogP contribution in [-0.4, -0.2) is 22.7 Å². The summed E-state index contributed by atoms with van der Waals surface area (Å²) in [4.78, 5) is 16.8. The number of hydrogen-bond acceptors (Lipinski definition) is 4. The van der Waals surface area contributed by atoms with E-state index in [2.05, 4.69) is 20.0 Å². The number of rotatable bonds is 2. The van der Waals surface area contributed by atoms with Crippen molar-refractivity contribution in [1.82, 2.24) is 15.5 Å². The third-order valence-electron chi connectivity index (χ3n) is 3.24. The standard InChI is InChI=1S/C13H11F3N4O2/c14-13(15,16)11-18-10(19-22-11)7-17-12(21)20-6-5-8-3-1-2-4-9(8)20/h1-4H,5-7H2,(H,17,21). The fraction of sp³-hybridized carbons (Fsp3) is 0.308. The van der Waals surface area contributed by atoms with E-state index in [9.17, 15) is 18.0 Å². The van der Waals surface area contributed by atoms with Crippen molar-refractivity contribution in [3.8, 4) is 0 Å². The molecule has 1 aliphatic rings. The Morgan fingerprint density at radius 1 is 1.36 bits per heavy atom. The summed E-state index contributed by atoms with van der Waals surface area (Å²) in [5, 5.41) is 5.67. The topological polar surface area (TPSA) is 71.3 Å². The van der Waals surface area contributed by atoms with Gasteiger partial charge in [0.25, 0.3) is 0 Å². The van der Waals surface area contributed by atoms with E-state index >= 15 is 0 Å². The first-order valence-corrected chi connectivity index (χ1v) is 6.48. The van der Waals surface area contributed by atoms with Crippen LogP contribution in [-0.2, 0) is 19.1 Å². The number of fused-ring (bicyclic) bond motifs is 1. The number of carbonyl (C=O) groups excluding carboxylic acids is 1. The molecule has 0 saturated carbocycles. The number of benzene rings is 1. The monoisotopic (exact) mass is 312 g/mol. The van der Waals surface area contributed by atoms with Gasteiger partial charge in [-0.15, -0.1) is 0 Å². The van der Waals surface area contributed by atoms with Crippen LogP contribution >= 0.6 is 0 Å². The van der Waals surface area contributed by atoms with Gasteiger partial charge in [0, 0.05) is 12.2 Å². The van der Waals surface area contributed by atoms with Gasteiger partial charge in [-0.3, -0.25) is 4.90 Å². The molecule has 2 amide bonds. The minimum atomic E-state index is -4.69. The molecule has 1 aliphatic heterocycles. The van der Waals surface area contributed by atoms with Crippen molar-refractivity contribution < 1.29 is 22.5 Å². The quantitative estimate of drug-likeness (QED) is 0.924. The van der Waals surface area contributed by atoms with E-state index < -0.39 is 18.1 Å². The van der Waals surface area contributed by atoms with Gasteiger partial charge in [-0.05, 0) is 18.1 Å². The van der Waals surface area contributed by atoms with Crippen molar-refractivity contribution >= 4 is 11.7 Å². The molecule has 2 heterocycles. The average molecular weight is 312 g/mol. The second-order valence-electron chi connectivity index (χ2n) is 4.70. The fourth-order valence-corrected chi connectivity index (χ4v) is 2.24. The Morgan fingerprint density at radius 2 is 2.14 bits per heavy atom. The van der Waals surface area contributed by atoms with Crippen LogP contribution in [0.1, 0.15) is 17.3 Å². The molecular weight excluding hydrogens is 301 g/mol. The Balaban J connectivity index is 1.63. The molecule has 2 aromatic rings. The molecule has 0 unspecified atom stereocenters. The maximum atomic E-state index is 12.3. The van der Waals surface area contributed by atoms with E-state index in [1.165, 1.54) is 4.90 Å². The number of amides is 2. The lowest BCUT2D eigenvalue weighted by Gasteiger charge is -2.17. The molecule has 116 valence electrons. The zero-order valence-electron chi connectivity index (χ0n) is 11.2. The predicted octanol–water partition coefficient (Wildman–Crippen LogP) is 2.36. The van der Waals surface area contributed by atoms with Crippen LogP contribution in [0.4, 0.5) is 23.7 Å². The number of hydrogen-bond donors (Lipinski definition) is 1. The number of urea groups is 1. The fourth-order valence-electron chi connectivity index (χ4n) is 2.24. The molecule has 0 bridgehead atoms. The molecule has 1 N–H and O–H groups in total. The van der Waals surface area contributed by atoms with E-state index in [4.69, 9.17) is 0 Å². The number of anilines is 1. The number of aromatic nitrogens is 2. The number of nitrogens with one attached hydrogen (secondary N) is 1. The Labute approximate surface area is 122 Å². The van der Waals surface area contributed by atoms with Crippen molar-refractivity contribution in [2.24, 2.45) is 0 Å². The lowest BCUT2D eigenvalue weighted by Crippen LogP contribution is -2.38. The van der Waals surface area contributed by atoms with E-state index in [0.717, 1.165) is 17.7 Å². The van der Waals surface area contributed by atoms with Crippen molar-refractivity contribution in [3.05, 3.63) is 41.5 Å². The minimum absolute atomic E-state index is 0.229. The molecule has 0 fully saturated rings. The van der Waals surface area contributed by atoms with Crippen LogP contribution in [0.5, 0.6) is 0 Å². The first-order chi connectivity index (χ1) is 10.4. The summed E-state index contributed by atoms with van der Waals surface area (Å²) in [6, 6.07) is 7.04. The molecule has 6 nitrogen and oxygen atoms in total. The Hall–Kier alpha value is -2.58. The van der Waals surface area contributed by atoms with Crippen molar-refractivity contribution in [2.45, 2.75) is 19.1 Å². The van der Waals surface area contributed by atoms with Gasteiger partial charge in [0.15, 0.2) is 5.82 Å². The summed E-state index contributed by atoms with van der Waals surface area (Å²) in [5.41, 5.74) is 1.85. The number of nitrogens with zero attached hydrogens (tertiary/aromatic N) is 3. The lowest BCUT2D eigenvalue weighted by molar-refractivity contribution is -0.159. The first-order valence-electron chi connectivity index (χ1n) is 6.48. The third-order valence-corrected chi connectivity index (χ3v) is 3.24. The lowest BCUT2D eigenvalue weighted by atomic mass is 10.2. The summed E-state index contributed by atoms with van der Waals surface area (Å²) in [6.07, 6.45) is -3.95. The number of carbonyl (C=O) groups is 1. The summed E-state index contributed by atoms with van der Waals surface area (Å²) in [6.45, 7) is 0.280. The second-order valence-corrected chi connectivity index (χ2v) is 4.70. The highest BCUT2D eigenvalue weighted by Gasteiger charge is 2.38. The zero-order valence-corrected chi connectivity index (χ0v) is 11.2. The summed E-state index contributed by atoms with van der Waals surface area (Å²) in [7, 11) is 0. The van der Waals surface area contributed by atoms with Crippen LogP contribution in [0.2, 0.25) is 0 Å². The highest BCUT2D eigenvalue weighted by atomic mass is 19.4. The number of halogens is 3. The Bertz CT molecular complexity index is 699. The molecule has 0 saturated heterocycles. The molecule has 0 atom stereocenters. The van der Waals surface area contributed by atoms with Gasteiger partial charge in [0.05, 0.1) is 6.54 Å². The van der Waals surface area contributed by atoms with Gasteiger partial charge in [0.1, 0.15) is 0 Å². The van der Waals surface area contributed by atoms with Crippen LogP contribution < -0.4 is 10.2 Å². The molecular formula is C13H11F3N4O2. The highest BCUT2D eigenvalue weighted by Crippen LogP contribution is 2.28. The summed E-state index contributed by atoms with van der Waals surface area (Å²) in [5.74, 6) is -1.66. The molecule has 1 aromatic heterocycles. The van der Waals surface area contributed by atoms with Crippen molar-refractivity contribution in [3.63, 3.8) is 0 Å². The zero-order chi connectivity index (χ0) is 15.7. The second kappa shape index (κ2) is 5.32. The van der Waals surface area contributed by atoms with Gasteiger partial charge < -0.3 is 9.84 Å². The van der Waals surface area contributed by atoms with Gasteiger partial charge in [-0.1, -0.05) is 23.4 Å². The smallest absolute Gasteiger partial charge is 0.330 e. The third kappa shape index (κ3) is 2.74. The summed E-state index contributed by atoms with van der Waals surface area (Å²) < 4.78 is 41.0. The molecule has 0 aliphatic carbocycles. The van der Waals surface area contributed by atoms with E-state index in [-0.39, 0.29) is 12.4 Å². The molecule has 3 rings (SSSR count). The van der Waals surface area contributed by atoms with Gasteiger partial charge in [-0.2, -0.15) is 18.2 Å². The number of alkyl halides is 3. The Kier molecular flexibility index (Phi) is 3.47. The Morgan fingerprint density at radius 3 is 2.86 bits per heavy atom. The highest BCUT2D eigenvalue weighted by molar-refractivity contribution is 5.94. The molecule has 9 heteroatoms. The normalized spacial score (nSPS) is 14.0. The van der Waals surface area contributed by atoms with Gasteiger partial charge >= 0.3 is 18.1 Å². The van der Waals surface area contributed by atoms with Crippen LogP contribution in [0, 0.1) is 0 Å². The van der Waals surface area contributed by atoms with Gasteiger partial charge in [-0.25, -0.2) is 4.79 Å². The van der Waals surface area contributed by atoms with Crippen LogP contribution in [0.15, 0.2) is 28.8 Å². The molecule has 22 heavy (non-hydrogen) atoms. The largest absolute Gasteiger partial charge is 0.471 e. The molecule has 0 spiro atoms. The van der Waals surface area contributed by atoms with Crippen molar-refractivity contribution in [1.29, 1.82) is 0 Å². The SMILES string of the molecule is O=C(NCc1noc(C(F)(F)F)n1)N1CCc2ccccc21. The van der Waals surface area contributed by atoms with Crippen molar-refractivity contribution in [2.75, 3.05) is 11.4 Å². The van der Waals surface area contributed by atoms with Crippen LogP contribution in [0.25, 0.3) is 0 Å². The van der Waals surface area contributed by atoms with Crippen LogP contribution in [0.3, 0.4) is 0 Å². The first kappa shape index (κ1) is 14.4. The maximum Gasteiger partial charge on any atom is 0.471 e. The average Bonchev–Trinajstić information content (AvgIpc) is 3.11. The van der Waals surface area contributed by atoms with E-state index in [1.807, 2.05) is 24.3 Å².